The molecule has 0 N–H and O–H groups in total. The molecule has 19 heavy (non-hydrogen) atoms. The van der Waals surface area contributed by atoms with Crippen molar-refractivity contribution in [2.75, 3.05) is 13.2 Å². The van der Waals surface area contributed by atoms with Crippen LogP contribution in [0.3, 0.4) is 0 Å². The maximum Gasteiger partial charge on any atom is 0.173 e. The summed E-state index contributed by atoms with van der Waals surface area (Å²) >= 11 is 0. The van der Waals surface area contributed by atoms with Crippen molar-refractivity contribution in [2.45, 2.75) is 71.0 Å². The Bertz CT molecular complexity index is 292. The van der Waals surface area contributed by atoms with Gasteiger partial charge in [-0.1, -0.05) is 20.3 Å². The molecule has 0 aromatic carbocycles. The van der Waals surface area contributed by atoms with Crippen molar-refractivity contribution in [2.24, 2.45) is 23.7 Å². The maximum atomic E-state index is 6.38. The Balaban J connectivity index is 1.80. The summed E-state index contributed by atoms with van der Waals surface area (Å²) in [4.78, 5) is 0. The minimum absolute atomic E-state index is 0.231. The summed E-state index contributed by atoms with van der Waals surface area (Å²) in [5.41, 5.74) is 0. The van der Waals surface area contributed by atoms with Crippen molar-refractivity contribution in [1.29, 1.82) is 0 Å². The smallest absolute Gasteiger partial charge is 0.173 e. The minimum atomic E-state index is -0.231. The highest BCUT2D eigenvalue weighted by Gasteiger charge is 2.53. The number of rotatable bonds is 1. The highest BCUT2D eigenvalue weighted by molar-refractivity contribution is 4.97. The quantitative estimate of drug-likeness (QED) is 0.701. The molecule has 2 saturated carbocycles. The van der Waals surface area contributed by atoms with E-state index in [4.69, 9.17) is 9.47 Å². The van der Waals surface area contributed by atoms with Gasteiger partial charge in [0.2, 0.25) is 0 Å². The largest absolute Gasteiger partial charge is 0.349 e. The standard InChI is InChI=1S/C17H30O2/c1-3-14-10-15-9-13(2)17(16(11-14)12-15)18-7-5-4-6-8-19-17/h13-16H,3-12H2,1-2H3. The fourth-order valence-corrected chi connectivity index (χ4v) is 4.89. The Morgan fingerprint density at radius 3 is 2.37 bits per heavy atom. The van der Waals surface area contributed by atoms with Crippen molar-refractivity contribution in [3.8, 4) is 0 Å². The normalized spacial score (nSPS) is 42.6. The van der Waals surface area contributed by atoms with Crippen LogP contribution in [0.25, 0.3) is 0 Å². The van der Waals surface area contributed by atoms with Crippen molar-refractivity contribution in [3.05, 3.63) is 0 Å². The summed E-state index contributed by atoms with van der Waals surface area (Å²) in [7, 11) is 0. The van der Waals surface area contributed by atoms with E-state index in [0.717, 1.165) is 25.0 Å². The lowest BCUT2D eigenvalue weighted by atomic mass is 9.61. The van der Waals surface area contributed by atoms with E-state index in [1.807, 2.05) is 0 Å². The summed E-state index contributed by atoms with van der Waals surface area (Å²) in [6, 6.07) is 0. The zero-order valence-corrected chi connectivity index (χ0v) is 12.7. The molecule has 2 aliphatic carbocycles. The lowest BCUT2D eigenvalue weighted by Gasteiger charge is -2.54. The van der Waals surface area contributed by atoms with E-state index in [0.29, 0.717) is 11.8 Å². The Labute approximate surface area is 118 Å². The Kier molecular flexibility index (Phi) is 4.19. The van der Waals surface area contributed by atoms with E-state index < -0.39 is 0 Å². The zero-order valence-electron chi connectivity index (χ0n) is 12.7. The van der Waals surface area contributed by atoms with Gasteiger partial charge >= 0.3 is 0 Å². The highest BCUT2D eigenvalue weighted by Crippen LogP contribution is 2.53. The third-order valence-corrected chi connectivity index (χ3v) is 5.87. The van der Waals surface area contributed by atoms with Crippen molar-refractivity contribution < 1.29 is 9.47 Å². The number of fused-ring (bicyclic) bond motifs is 3. The van der Waals surface area contributed by atoms with Gasteiger partial charge in [0.1, 0.15) is 0 Å². The fraction of sp³-hybridized carbons (Fsp3) is 1.00. The van der Waals surface area contributed by atoms with Gasteiger partial charge in [0.05, 0.1) is 13.2 Å². The Hall–Kier alpha value is -0.0800. The van der Waals surface area contributed by atoms with Gasteiger partial charge in [-0.2, -0.15) is 0 Å². The molecule has 0 aromatic rings. The van der Waals surface area contributed by atoms with Crippen LogP contribution in [-0.2, 0) is 9.47 Å². The predicted octanol–water partition coefficient (Wildman–Crippen LogP) is 4.38. The molecule has 3 rings (SSSR count). The van der Waals surface area contributed by atoms with Crippen LogP contribution in [0.4, 0.5) is 0 Å². The molecule has 1 spiro atoms. The molecule has 1 saturated heterocycles. The molecule has 110 valence electrons. The second kappa shape index (κ2) is 5.73. The van der Waals surface area contributed by atoms with Crippen LogP contribution in [0.5, 0.6) is 0 Å². The van der Waals surface area contributed by atoms with E-state index in [1.54, 1.807) is 0 Å². The molecule has 2 heteroatoms. The van der Waals surface area contributed by atoms with Gasteiger partial charge in [-0.15, -0.1) is 0 Å². The molecule has 1 aliphatic heterocycles. The monoisotopic (exact) mass is 266 g/mol. The van der Waals surface area contributed by atoms with Gasteiger partial charge in [0, 0.05) is 11.8 Å². The molecule has 4 atom stereocenters. The molecule has 2 bridgehead atoms. The number of hydrogen-bond donors (Lipinski definition) is 0. The molecule has 1 heterocycles. The molecular weight excluding hydrogens is 236 g/mol. The van der Waals surface area contributed by atoms with Crippen LogP contribution < -0.4 is 0 Å². The second-order valence-corrected chi connectivity index (χ2v) is 7.16. The first-order valence-electron chi connectivity index (χ1n) is 8.52. The molecule has 0 aromatic heterocycles. The predicted molar refractivity (Wildman–Crippen MR) is 76.9 cm³/mol. The van der Waals surface area contributed by atoms with E-state index in [-0.39, 0.29) is 5.79 Å². The average Bonchev–Trinajstić information content (AvgIpc) is 2.37. The van der Waals surface area contributed by atoms with E-state index in [2.05, 4.69) is 13.8 Å². The second-order valence-electron chi connectivity index (χ2n) is 7.16. The third-order valence-electron chi connectivity index (χ3n) is 5.87. The third kappa shape index (κ3) is 2.58. The maximum absolute atomic E-state index is 6.38. The molecule has 3 aliphatic rings. The summed E-state index contributed by atoms with van der Waals surface area (Å²) in [5.74, 6) is 2.84. The van der Waals surface area contributed by atoms with Crippen LogP contribution >= 0.6 is 0 Å². The minimum Gasteiger partial charge on any atom is -0.349 e. The van der Waals surface area contributed by atoms with E-state index >= 15 is 0 Å². The first kappa shape index (κ1) is 13.9. The van der Waals surface area contributed by atoms with E-state index in [9.17, 15) is 0 Å². The van der Waals surface area contributed by atoms with Crippen molar-refractivity contribution in [3.63, 3.8) is 0 Å². The Morgan fingerprint density at radius 2 is 1.68 bits per heavy atom. The molecule has 0 amide bonds. The van der Waals surface area contributed by atoms with Crippen molar-refractivity contribution >= 4 is 0 Å². The number of ether oxygens (including phenoxy) is 2. The fourth-order valence-electron chi connectivity index (χ4n) is 4.89. The SMILES string of the molecule is CCC1CC2CC(C)C3(OCCCCCO3)C(C1)C2. The molecule has 0 radical (unpaired) electrons. The van der Waals surface area contributed by atoms with Crippen molar-refractivity contribution in [1.82, 2.24) is 0 Å². The first-order chi connectivity index (χ1) is 9.24. The summed E-state index contributed by atoms with van der Waals surface area (Å²) < 4.78 is 12.8. The van der Waals surface area contributed by atoms with Crippen LogP contribution in [0.1, 0.15) is 65.2 Å². The molecule has 2 nitrogen and oxygen atoms in total. The summed E-state index contributed by atoms with van der Waals surface area (Å²) in [6.07, 6.45) is 10.5. The molecule has 4 unspecified atom stereocenters. The summed E-state index contributed by atoms with van der Waals surface area (Å²) in [6.45, 7) is 6.53. The number of hydrogen-bond acceptors (Lipinski definition) is 2. The topological polar surface area (TPSA) is 18.5 Å². The van der Waals surface area contributed by atoms with Crippen LogP contribution in [0.15, 0.2) is 0 Å². The van der Waals surface area contributed by atoms with E-state index in [1.165, 1.54) is 51.4 Å². The van der Waals surface area contributed by atoms with Gasteiger partial charge in [-0.3, -0.25) is 0 Å². The first-order valence-corrected chi connectivity index (χ1v) is 8.52. The van der Waals surface area contributed by atoms with Gasteiger partial charge in [0.25, 0.3) is 0 Å². The average molecular weight is 266 g/mol. The van der Waals surface area contributed by atoms with Gasteiger partial charge in [-0.05, 0) is 56.8 Å². The molecular formula is C17H30O2. The highest BCUT2D eigenvalue weighted by atomic mass is 16.7. The van der Waals surface area contributed by atoms with Gasteiger partial charge in [0.15, 0.2) is 5.79 Å². The Morgan fingerprint density at radius 1 is 0.947 bits per heavy atom. The van der Waals surface area contributed by atoms with Gasteiger partial charge < -0.3 is 9.47 Å². The lowest BCUT2D eigenvalue weighted by molar-refractivity contribution is -0.321. The summed E-state index contributed by atoms with van der Waals surface area (Å²) in [5, 5.41) is 0. The van der Waals surface area contributed by atoms with Crippen LogP contribution in [0.2, 0.25) is 0 Å². The van der Waals surface area contributed by atoms with Crippen LogP contribution in [-0.4, -0.2) is 19.0 Å². The van der Waals surface area contributed by atoms with Gasteiger partial charge in [-0.25, -0.2) is 0 Å². The lowest BCUT2D eigenvalue weighted by Crippen LogP contribution is -2.56. The molecule has 3 fully saturated rings. The van der Waals surface area contributed by atoms with Crippen LogP contribution in [0, 0.1) is 23.7 Å². The zero-order chi connectivity index (χ0) is 13.3.